The number of fused-ring (bicyclic) bond motifs is 1. The minimum Gasteiger partial charge on any atom is -0.461 e. The first-order valence-corrected chi connectivity index (χ1v) is 9.58. The van der Waals surface area contributed by atoms with Crippen LogP contribution in [0.5, 0.6) is 0 Å². The van der Waals surface area contributed by atoms with Gasteiger partial charge in [0.2, 0.25) is 5.78 Å². The van der Waals surface area contributed by atoms with E-state index in [2.05, 4.69) is 15.9 Å². The number of rotatable bonds is 5. The van der Waals surface area contributed by atoms with Crippen LogP contribution in [0.15, 0.2) is 30.3 Å². The molecule has 0 spiro atoms. The standard InChI is InChI=1S/C19H19BrO5/c1-2-12(16(21)9-6-4-3-5-7-9)24-18(22)13-10-8-11-14(13)19(23)25-17(11)15(10)20/h3-7,10-15,17H,2,8H2,1H3/t10-,11-,12+,13-,14-,15-,17+/m1/s1. The summed E-state index contributed by atoms with van der Waals surface area (Å²) in [5.41, 5.74) is 0.522. The first-order chi connectivity index (χ1) is 12.0. The van der Waals surface area contributed by atoms with Crippen molar-refractivity contribution in [3.05, 3.63) is 35.9 Å². The fourth-order valence-corrected chi connectivity index (χ4v) is 5.67. The van der Waals surface area contributed by atoms with Crippen LogP contribution in [0.4, 0.5) is 0 Å². The number of ether oxygens (including phenoxy) is 2. The molecule has 132 valence electrons. The van der Waals surface area contributed by atoms with Gasteiger partial charge in [0, 0.05) is 11.5 Å². The Kier molecular flexibility index (Phi) is 4.18. The number of hydrogen-bond acceptors (Lipinski definition) is 5. The molecule has 0 radical (unpaired) electrons. The van der Waals surface area contributed by atoms with E-state index < -0.39 is 23.9 Å². The second-order valence-electron chi connectivity index (χ2n) is 7.02. The number of carbonyl (C=O) groups is 3. The molecule has 3 aliphatic rings. The van der Waals surface area contributed by atoms with E-state index in [1.54, 1.807) is 24.3 Å². The van der Waals surface area contributed by atoms with Crippen molar-refractivity contribution in [2.24, 2.45) is 23.7 Å². The summed E-state index contributed by atoms with van der Waals surface area (Å²) in [7, 11) is 0. The van der Waals surface area contributed by atoms with E-state index in [-0.39, 0.29) is 34.5 Å². The van der Waals surface area contributed by atoms with Crippen LogP contribution in [0.25, 0.3) is 0 Å². The Hall–Kier alpha value is -1.69. The minimum absolute atomic E-state index is 0.0114. The molecule has 6 heteroatoms. The van der Waals surface area contributed by atoms with Crippen molar-refractivity contribution >= 4 is 33.7 Å². The highest BCUT2D eigenvalue weighted by molar-refractivity contribution is 9.09. The molecule has 2 saturated carbocycles. The van der Waals surface area contributed by atoms with Crippen LogP contribution in [-0.2, 0) is 19.1 Å². The predicted octanol–water partition coefficient (Wildman–Crippen LogP) is 2.76. The van der Waals surface area contributed by atoms with Gasteiger partial charge in [-0.3, -0.25) is 14.4 Å². The highest BCUT2D eigenvalue weighted by Gasteiger charge is 2.68. The Bertz CT molecular complexity index is 718. The fraction of sp³-hybridized carbons (Fsp3) is 0.526. The molecule has 1 saturated heterocycles. The van der Waals surface area contributed by atoms with Gasteiger partial charge in [-0.05, 0) is 18.8 Å². The SMILES string of the molecule is CC[C@H](OC(=O)[C@@H]1[C@H]2C[C@H]3[C@H](OC(=O)[C@H]31)[C@@H]2Br)C(=O)c1ccccc1. The molecule has 7 atom stereocenters. The van der Waals surface area contributed by atoms with E-state index in [4.69, 9.17) is 9.47 Å². The van der Waals surface area contributed by atoms with E-state index >= 15 is 0 Å². The van der Waals surface area contributed by atoms with E-state index in [1.807, 2.05) is 13.0 Å². The summed E-state index contributed by atoms with van der Waals surface area (Å²) >= 11 is 3.58. The molecule has 0 unspecified atom stereocenters. The molecular weight excluding hydrogens is 388 g/mol. The molecule has 4 rings (SSSR count). The number of alkyl halides is 1. The third kappa shape index (κ3) is 2.53. The molecule has 1 aromatic carbocycles. The Morgan fingerprint density at radius 3 is 2.68 bits per heavy atom. The van der Waals surface area contributed by atoms with Crippen molar-refractivity contribution in [1.82, 2.24) is 0 Å². The van der Waals surface area contributed by atoms with Crippen LogP contribution in [0.2, 0.25) is 0 Å². The molecule has 1 aliphatic heterocycles. The van der Waals surface area contributed by atoms with Crippen molar-refractivity contribution in [2.75, 3.05) is 0 Å². The smallest absolute Gasteiger partial charge is 0.310 e. The zero-order chi connectivity index (χ0) is 17.7. The van der Waals surface area contributed by atoms with Crippen LogP contribution in [0.1, 0.15) is 30.1 Å². The largest absolute Gasteiger partial charge is 0.461 e. The third-order valence-electron chi connectivity index (χ3n) is 5.78. The molecule has 1 aromatic rings. The van der Waals surface area contributed by atoms with Crippen molar-refractivity contribution in [3.8, 4) is 0 Å². The maximum atomic E-state index is 12.8. The van der Waals surface area contributed by atoms with Gasteiger partial charge in [-0.2, -0.15) is 0 Å². The van der Waals surface area contributed by atoms with Crippen LogP contribution in [0.3, 0.4) is 0 Å². The van der Waals surface area contributed by atoms with Gasteiger partial charge in [-0.1, -0.05) is 53.2 Å². The van der Waals surface area contributed by atoms with Gasteiger partial charge in [0.25, 0.3) is 0 Å². The number of Topliss-reactive ketones (excluding diaryl/α,β-unsaturated/α-hetero) is 1. The van der Waals surface area contributed by atoms with Gasteiger partial charge in [0.05, 0.1) is 16.7 Å². The third-order valence-corrected chi connectivity index (χ3v) is 6.98. The molecule has 25 heavy (non-hydrogen) atoms. The van der Waals surface area contributed by atoms with Crippen molar-refractivity contribution in [3.63, 3.8) is 0 Å². The molecule has 3 fully saturated rings. The molecule has 0 N–H and O–H groups in total. The number of hydrogen-bond donors (Lipinski definition) is 0. The second kappa shape index (κ2) is 6.24. The van der Waals surface area contributed by atoms with Gasteiger partial charge in [0.1, 0.15) is 6.10 Å². The van der Waals surface area contributed by atoms with Crippen molar-refractivity contribution in [1.29, 1.82) is 0 Å². The lowest BCUT2D eigenvalue weighted by Gasteiger charge is -2.28. The summed E-state index contributed by atoms with van der Waals surface area (Å²) in [4.78, 5) is 37.5. The average molecular weight is 407 g/mol. The maximum Gasteiger partial charge on any atom is 0.310 e. The Labute approximate surface area is 154 Å². The van der Waals surface area contributed by atoms with E-state index in [1.165, 1.54) is 0 Å². The highest BCUT2D eigenvalue weighted by atomic mass is 79.9. The van der Waals surface area contributed by atoms with Gasteiger partial charge < -0.3 is 9.47 Å². The van der Waals surface area contributed by atoms with Gasteiger partial charge in [-0.15, -0.1) is 0 Å². The Morgan fingerprint density at radius 1 is 1.28 bits per heavy atom. The Morgan fingerprint density at radius 2 is 2.00 bits per heavy atom. The van der Waals surface area contributed by atoms with Gasteiger partial charge in [0.15, 0.2) is 6.10 Å². The summed E-state index contributed by atoms with van der Waals surface area (Å²) in [6.45, 7) is 1.81. The topological polar surface area (TPSA) is 69.7 Å². The number of halogens is 1. The second-order valence-corrected chi connectivity index (χ2v) is 8.08. The van der Waals surface area contributed by atoms with E-state index in [0.717, 1.165) is 6.42 Å². The molecule has 0 aromatic heterocycles. The lowest BCUT2D eigenvalue weighted by molar-refractivity contribution is -0.158. The normalized spacial score (nSPS) is 36.2. The molecule has 2 bridgehead atoms. The van der Waals surface area contributed by atoms with E-state index in [0.29, 0.717) is 12.0 Å². The number of ketones is 1. The summed E-state index contributed by atoms with van der Waals surface area (Å²) in [5, 5.41) is 0. The molecule has 1 heterocycles. The van der Waals surface area contributed by atoms with Crippen LogP contribution in [0, 0.1) is 23.7 Å². The van der Waals surface area contributed by atoms with Crippen LogP contribution >= 0.6 is 15.9 Å². The number of benzene rings is 1. The van der Waals surface area contributed by atoms with Crippen LogP contribution < -0.4 is 0 Å². The summed E-state index contributed by atoms with van der Waals surface area (Å²) in [6, 6.07) is 8.81. The fourth-order valence-electron chi connectivity index (χ4n) is 4.62. The lowest BCUT2D eigenvalue weighted by atomic mass is 9.80. The lowest BCUT2D eigenvalue weighted by Crippen LogP contribution is -2.41. The van der Waals surface area contributed by atoms with Crippen molar-refractivity contribution in [2.45, 2.75) is 36.8 Å². The summed E-state index contributed by atoms with van der Waals surface area (Å²) in [5.74, 6) is -1.77. The minimum atomic E-state index is -0.823. The molecule has 2 aliphatic carbocycles. The first-order valence-electron chi connectivity index (χ1n) is 8.67. The highest BCUT2D eigenvalue weighted by Crippen LogP contribution is 2.60. The summed E-state index contributed by atoms with van der Waals surface area (Å²) < 4.78 is 11.0. The quantitative estimate of drug-likeness (QED) is 0.427. The van der Waals surface area contributed by atoms with Gasteiger partial charge in [-0.25, -0.2) is 0 Å². The number of esters is 2. The van der Waals surface area contributed by atoms with Crippen molar-refractivity contribution < 1.29 is 23.9 Å². The average Bonchev–Trinajstić information content (AvgIpc) is 3.24. The van der Waals surface area contributed by atoms with Crippen LogP contribution in [-0.4, -0.2) is 34.8 Å². The molecular formula is C19H19BrO5. The Balaban J connectivity index is 1.51. The first kappa shape index (κ1) is 16.8. The summed E-state index contributed by atoms with van der Waals surface area (Å²) in [6.07, 6.45) is 0.242. The zero-order valence-electron chi connectivity index (χ0n) is 13.8. The zero-order valence-corrected chi connectivity index (χ0v) is 15.3. The van der Waals surface area contributed by atoms with Gasteiger partial charge >= 0.3 is 11.9 Å². The van der Waals surface area contributed by atoms with E-state index in [9.17, 15) is 14.4 Å². The molecule has 0 amide bonds. The number of carbonyl (C=O) groups excluding carboxylic acids is 3. The maximum absolute atomic E-state index is 12.8. The molecule has 5 nitrogen and oxygen atoms in total. The predicted molar refractivity (Wildman–Crippen MR) is 92.1 cm³/mol. The monoisotopic (exact) mass is 406 g/mol.